The summed E-state index contributed by atoms with van der Waals surface area (Å²) in [6.45, 7) is 1.14. The summed E-state index contributed by atoms with van der Waals surface area (Å²) in [5.41, 5.74) is 0.907. The molecule has 1 fully saturated rings. The molecule has 0 spiro atoms. The number of amides is 2. The van der Waals surface area contributed by atoms with E-state index in [0.29, 0.717) is 16.4 Å². The Kier molecular flexibility index (Phi) is 5.22. The van der Waals surface area contributed by atoms with E-state index in [1.165, 1.54) is 12.3 Å². The first-order valence-corrected chi connectivity index (χ1v) is 8.57. The Labute approximate surface area is 164 Å². The van der Waals surface area contributed by atoms with E-state index in [9.17, 15) is 19.8 Å². The Morgan fingerprint density at radius 2 is 1.96 bits per heavy atom. The van der Waals surface area contributed by atoms with Crippen molar-refractivity contribution < 1.29 is 19.8 Å². The number of carbonyl (C=O) groups is 2. The van der Waals surface area contributed by atoms with Gasteiger partial charge in [0.1, 0.15) is 11.3 Å². The lowest BCUT2D eigenvalue weighted by molar-refractivity contribution is -0.122. The van der Waals surface area contributed by atoms with Crippen LogP contribution in [0.2, 0.25) is 5.02 Å². The van der Waals surface area contributed by atoms with E-state index in [0.717, 1.165) is 4.90 Å². The van der Waals surface area contributed by atoms with Crippen molar-refractivity contribution in [2.75, 3.05) is 4.90 Å². The number of anilines is 1. The quantitative estimate of drug-likeness (QED) is 0.412. The van der Waals surface area contributed by atoms with Gasteiger partial charge in [-0.1, -0.05) is 11.6 Å². The van der Waals surface area contributed by atoms with E-state index in [1.807, 2.05) is 0 Å². The van der Waals surface area contributed by atoms with E-state index in [1.54, 1.807) is 31.2 Å². The van der Waals surface area contributed by atoms with E-state index in [4.69, 9.17) is 23.8 Å². The predicted octanol–water partition coefficient (Wildman–Crippen LogP) is 2.07. The number of aliphatic hydroxyl groups is 1. The van der Waals surface area contributed by atoms with Crippen molar-refractivity contribution in [2.24, 2.45) is 0 Å². The number of hydrogen-bond donors (Lipinski definition) is 3. The molecule has 0 saturated carbocycles. The smallest absolute Gasteiger partial charge is 0.270 e. The first kappa shape index (κ1) is 19.0. The van der Waals surface area contributed by atoms with Crippen LogP contribution in [-0.2, 0) is 16.2 Å². The third kappa shape index (κ3) is 3.55. The molecule has 0 radical (unpaired) electrons. The zero-order valence-corrected chi connectivity index (χ0v) is 15.6. The van der Waals surface area contributed by atoms with Gasteiger partial charge in [-0.15, -0.1) is 0 Å². The maximum Gasteiger partial charge on any atom is 0.270 e. The maximum absolute atomic E-state index is 12.9. The molecule has 9 heteroatoms. The summed E-state index contributed by atoms with van der Waals surface area (Å²) in [6, 6.07) is 6.37. The number of aromatic nitrogens is 1. The minimum absolute atomic E-state index is 0.0676. The first-order valence-electron chi connectivity index (χ1n) is 7.78. The number of aromatic hydroxyl groups is 1. The minimum Gasteiger partial charge on any atom is -0.505 e. The molecule has 3 rings (SSSR count). The summed E-state index contributed by atoms with van der Waals surface area (Å²) in [7, 11) is 0. The van der Waals surface area contributed by atoms with Crippen LogP contribution < -0.4 is 10.2 Å². The number of hydrogen-bond acceptors (Lipinski definition) is 6. The highest BCUT2D eigenvalue weighted by molar-refractivity contribution is 7.80. The number of carbonyl (C=O) groups excluding carboxylic acids is 2. The topological polar surface area (TPSA) is 103 Å². The molecule has 2 heterocycles. The van der Waals surface area contributed by atoms with E-state index in [2.05, 4.69) is 10.3 Å². The summed E-state index contributed by atoms with van der Waals surface area (Å²) in [6.07, 6.45) is 2.59. The molecule has 0 aliphatic carbocycles. The lowest BCUT2D eigenvalue weighted by Crippen LogP contribution is -2.54. The van der Waals surface area contributed by atoms with E-state index >= 15 is 0 Å². The molecule has 2 aromatic rings. The normalized spacial score (nSPS) is 16.0. The molecule has 7 nitrogen and oxygen atoms in total. The van der Waals surface area contributed by atoms with Crippen molar-refractivity contribution in [3.63, 3.8) is 0 Å². The fourth-order valence-corrected chi connectivity index (χ4v) is 2.97. The number of nitrogens with one attached hydrogen (secondary N) is 1. The molecule has 27 heavy (non-hydrogen) atoms. The molecular weight excluding hydrogens is 390 g/mol. The summed E-state index contributed by atoms with van der Waals surface area (Å²) in [4.78, 5) is 30.4. The molecular formula is C18H14ClN3O4S. The van der Waals surface area contributed by atoms with Gasteiger partial charge in [-0.2, -0.15) is 0 Å². The molecule has 2 amide bonds. The Hall–Kier alpha value is -2.81. The second kappa shape index (κ2) is 7.43. The van der Waals surface area contributed by atoms with E-state index in [-0.39, 0.29) is 27.6 Å². The highest BCUT2D eigenvalue weighted by atomic mass is 35.5. The van der Waals surface area contributed by atoms with Crippen LogP contribution in [0.15, 0.2) is 36.0 Å². The number of thiocarbonyl (C=S) groups is 1. The van der Waals surface area contributed by atoms with Crippen molar-refractivity contribution in [2.45, 2.75) is 13.5 Å². The fourth-order valence-electron chi connectivity index (χ4n) is 2.57. The third-order valence-corrected chi connectivity index (χ3v) is 4.54. The SMILES string of the molecule is Cc1ncc(CO)c(C=C2C(=O)NC(=S)N(c3ccc(Cl)cc3)C2=O)c1O. The Morgan fingerprint density at radius 3 is 2.59 bits per heavy atom. The molecule has 1 aromatic carbocycles. The number of pyridine rings is 1. The van der Waals surface area contributed by atoms with Crippen LogP contribution in [0.5, 0.6) is 5.75 Å². The zero-order chi connectivity index (χ0) is 19.7. The largest absolute Gasteiger partial charge is 0.505 e. The van der Waals surface area contributed by atoms with Crippen LogP contribution in [0.3, 0.4) is 0 Å². The molecule has 1 aliphatic heterocycles. The van der Waals surface area contributed by atoms with Gasteiger partial charge in [-0.05, 0) is 49.5 Å². The standard InChI is InChI=1S/C18H14ClN3O4S/c1-9-15(24)13(10(8-23)7-20-9)6-14-16(25)21-18(27)22(17(14)26)12-4-2-11(19)3-5-12/h2-7,23-24H,8H2,1H3,(H,21,25,27). The summed E-state index contributed by atoms with van der Waals surface area (Å²) in [5.74, 6) is -1.59. The van der Waals surface area contributed by atoms with Crippen molar-refractivity contribution >= 4 is 52.5 Å². The van der Waals surface area contributed by atoms with Crippen LogP contribution in [0.1, 0.15) is 16.8 Å². The average molecular weight is 404 g/mol. The number of aryl methyl sites for hydroxylation is 1. The zero-order valence-electron chi connectivity index (χ0n) is 14.1. The average Bonchev–Trinajstić information content (AvgIpc) is 2.63. The number of halogens is 1. The summed E-state index contributed by atoms with van der Waals surface area (Å²) < 4.78 is 0. The van der Waals surface area contributed by atoms with Gasteiger partial charge in [-0.25, -0.2) is 0 Å². The monoisotopic (exact) mass is 403 g/mol. The summed E-state index contributed by atoms with van der Waals surface area (Å²) in [5, 5.41) is 22.6. The molecule has 138 valence electrons. The van der Waals surface area contributed by atoms with Crippen LogP contribution in [0.4, 0.5) is 5.69 Å². The number of aliphatic hydroxyl groups excluding tert-OH is 1. The van der Waals surface area contributed by atoms with Crippen molar-refractivity contribution in [3.05, 3.63) is 57.9 Å². The molecule has 0 unspecified atom stereocenters. The maximum atomic E-state index is 12.9. The lowest BCUT2D eigenvalue weighted by Gasteiger charge is -2.29. The number of nitrogens with zero attached hydrogens (tertiary/aromatic N) is 2. The Morgan fingerprint density at radius 1 is 1.30 bits per heavy atom. The minimum atomic E-state index is -0.701. The van der Waals surface area contributed by atoms with Crippen LogP contribution in [-0.4, -0.2) is 32.1 Å². The van der Waals surface area contributed by atoms with Gasteiger partial charge >= 0.3 is 0 Å². The molecule has 0 atom stereocenters. The molecule has 1 saturated heterocycles. The molecule has 1 aliphatic rings. The van der Waals surface area contributed by atoms with Gasteiger partial charge in [0.25, 0.3) is 11.8 Å². The van der Waals surface area contributed by atoms with Gasteiger partial charge < -0.3 is 10.2 Å². The number of benzene rings is 1. The van der Waals surface area contributed by atoms with Gasteiger partial charge in [0.2, 0.25) is 0 Å². The Balaban J connectivity index is 2.10. The van der Waals surface area contributed by atoms with Gasteiger partial charge in [0, 0.05) is 22.3 Å². The predicted molar refractivity (Wildman–Crippen MR) is 104 cm³/mol. The third-order valence-electron chi connectivity index (χ3n) is 4.00. The molecule has 3 N–H and O–H groups in total. The molecule has 1 aromatic heterocycles. The van der Waals surface area contributed by atoms with Crippen molar-refractivity contribution in [1.29, 1.82) is 0 Å². The van der Waals surface area contributed by atoms with Crippen LogP contribution >= 0.6 is 23.8 Å². The van der Waals surface area contributed by atoms with Crippen LogP contribution in [0, 0.1) is 6.92 Å². The lowest BCUT2D eigenvalue weighted by atomic mass is 10.0. The van der Waals surface area contributed by atoms with E-state index < -0.39 is 18.4 Å². The summed E-state index contributed by atoms with van der Waals surface area (Å²) >= 11 is 11.0. The molecule has 0 bridgehead atoms. The Bertz CT molecular complexity index is 989. The second-order valence-corrected chi connectivity index (χ2v) is 6.55. The fraction of sp³-hybridized carbons (Fsp3) is 0.111. The first-order chi connectivity index (χ1) is 12.8. The van der Waals surface area contributed by atoms with Crippen LogP contribution in [0.25, 0.3) is 6.08 Å². The van der Waals surface area contributed by atoms with Crippen molar-refractivity contribution in [1.82, 2.24) is 10.3 Å². The highest BCUT2D eigenvalue weighted by Crippen LogP contribution is 2.29. The van der Waals surface area contributed by atoms with Gasteiger partial charge in [0.05, 0.1) is 18.0 Å². The van der Waals surface area contributed by atoms with Gasteiger partial charge in [-0.3, -0.25) is 24.8 Å². The van der Waals surface area contributed by atoms with Crippen molar-refractivity contribution in [3.8, 4) is 5.75 Å². The van der Waals surface area contributed by atoms with Gasteiger partial charge in [0.15, 0.2) is 5.11 Å². The highest BCUT2D eigenvalue weighted by Gasteiger charge is 2.34. The number of rotatable bonds is 3. The second-order valence-electron chi connectivity index (χ2n) is 5.72.